The molecule has 1 fully saturated rings. The van der Waals surface area contributed by atoms with Gasteiger partial charge in [0.2, 0.25) is 5.95 Å². The number of benzene rings is 2. The zero-order valence-corrected chi connectivity index (χ0v) is 18.2. The molecule has 0 aliphatic carbocycles. The molecule has 0 unspecified atom stereocenters. The molecule has 1 atom stereocenters. The summed E-state index contributed by atoms with van der Waals surface area (Å²) in [5.41, 5.74) is 11.3. The molecular weight excluding hydrogens is 396 g/mol. The Morgan fingerprint density at radius 1 is 1.00 bits per heavy atom. The summed E-state index contributed by atoms with van der Waals surface area (Å²) in [6, 6.07) is 14.3. The van der Waals surface area contributed by atoms with Crippen LogP contribution in [0.5, 0.6) is 0 Å². The second kappa shape index (κ2) is 8.20. The Morgan fingerprint density at radius 3 is 2.43 bits per heavy atom. The standard InChI is InChI=1S/C23H26N6.ClH/c1-15-13-18(16(2)24)20-19(14-15)22-26-21(17-9-5-3-6-10-17)27-29(22)23(25-20)28-11-7-4-8-12-28;/h3,5-6,9-10,13-14,16H,4,7-8,11-12,24H2,1-2H3;1H/t16-;/m1./s1. The molecule has 1 aliphatic rings. The van der Waals surface area contributed by atoms with Crippen molar-refractivity contribution in [3.8, 4) is 11.4 Å². The van der Waals surface area contributed by atoms with Crippen molar-refractivity contribution in [1.29, 1.82) is 0 Å². The van der Waals surface area contributed by atoms with Crippen LogP contribution in [-0.4, -0.2) is 32.7 Å². The van der Waals surface area contributed by atoms with Crippen LogP contribution in [0.4, 0.5) is 5.95 Å². The van der Waals surface area contributed by atoms with Gasteiger partial charge >= 0.3 is 0 Å². The lowest BCUT2D eigenvalue weighted by molar-refractivity contribution is 0.563. The molecule has 2 N–H and O–H groups in total. The molecule has 5 rings (SSSR count). The van der Waals surface area contributed by atoms with Gasteiger partial charge in [-0.25, -0.2) is 9.97 Å². The van der Waals surface area contributed by atoms with Gasteiger partial charge in [0.05, 0.1) is 5.52 Å². The Kier molecular flexibility index (Phi) is 5.62. The summed E-state index contributed by atoms with van der Waals surface area (Å²) in [4.78, 5) is 12.4. The van der Waals surface area contributed by atoms with Gasteiger partial charge in [0.25, 0.3) is 0 Å². The first-order chi connectivity index (χ1) is 14.1. The first kappa shape index (κ1) is 20.6. The molecule has 0 spiro atoms. The van der Waals surface area contributed by atoms with Crippen LogP contribution in [0, 0.1) is 6.92 Å². The molecule has 0 bridgehead atoms. The number of halogens is 1. The van der Waals surface area contributed by atoms with Crippen molar-refractivity contribution in [2.24, 2.45) is 5.73 Å². The highest BCUT2D eigenvalue weighted by atomic mass is 35.5. The number of fused-ring (bicyclic) bond motifs is 3. The highest BCUT2D eigenvalue weighted by Gasteiger charge is 2.22. The molecule has 3 heterocycles. The van der Waals surface area contributed by atoms with Crippen molar-refractivity contribution in [1.82, 2.24) is 19.6 Å². The summed E-state index contributed by atoms with van der Waals surface area (Å²) in [5, 5.41) is 5.89. The van der Waals surface area contributed by atoms with Gasteiger partial charge in [0.15, 0.2) is 11.5 Å². The molecule has 156 valence electrons. The minimum atomic E-state index is -0.0990. The third-order valence-corrected chi connectivity index (χ3v) is 5.69. The number of hydrogen-bond acceptors (Lipinski definition) is 5. The summed E-state index contributed by atoms with van der Waals surface area (Å²) in [7, 11) is 0. The number of piperidine rings is 1. The molecule has 30 heavy (non-hydrogen) atoms. The van der Waals surface area contributed by atoms with Crippen molar-refractivity contribution in [3.05, 3.63) is 53.6 Å². The zero-order chi connectivity index (χ0) is 20.0. The Hall–Kier alpha value is -2.70. The number of hydrogen-bond donors (Lipinski definition) is 1. The molecule has 2 aromatic heterocycles. The van der Waals surface area contributed by atoms with Gasteiger partial charge < -0.3 is 10.6 Å². The summed E-state index contributed by atoms with van der Waals surface area (Å²) in [6.07, 6.45) is 3.62. The van der Waals surface area contributed by atoms with Crippen LogP contribution in [0.15, 0.2) is 42.5 Å². The molecule has 7 heteroatoms. The van der Waals surface area contributed by atoms with Crippen molar-refractivity contribution in [3.63, 3.8) is 0 Å². The first-order valence-corrected chi connectivity index (χ1v) is 10.4. The minimum Gasteiger partial charge on any atom is -0.341 e. The van der Waals surface area contributed by atoms with E-state index in [4.69, 9.17) is 20.8 Å². The topological polar surface area (TPSA) is 72.3 Å². The van der Waals surface area contributed by atoms with Crippen molar-refractivity contribution >= 4 is 34.9 Å². The predicted octanol–water partition coefficient (Wildman–Crippen LogP) is 4.68. The first-order valence-electron chi connectivity index (χ1n) is 10.4. The number of rotatable bonds is 3. The third-order valence-electron chi connectivity index (χ3n) is 5.69. The van der Waals surface area contributed by atoms with Crippen LogP contribution in [0.3, 0.4) is 0 Å². The lowest BCUT2D eigenvalue weighted by atomic mass is 10.0. The smallest absolute Gasteiger partial charge is 0.229 e. The number of anilines is 1. The van der Waals surface area contributed by atoms with E-state index in [9.17, 15) is 0 Å². The van der Waals surface area contributed by atoms with E-state index in [0.29, 0.717) is 0 Å². The quantitative estimate of drug-likeness (QED) is 0.518. The van der Waals surface area contributed by atoms with E-state index in [-0.39, 0.29) is 18.4 Å². The van der Waals surface area contributed by atoms with Gasteiger partial charge in [0.1, 0.15) is 0 Å². The van der Waals surface area contributed by atoms with E-state index >= 15 is 0 Å². The molecule has 1 aliphatic heterocycles. The number of aromatic nitrogens is 4. The second-order valence-electron chi connectivity index (χ2n) is 8.04. The van der Waals surface area contributed by atoms with Crippen molar-refractivity contribution < 1.29 is 0 Å². The predicted molar refractivity (Wildman–Crippen MR) is 124 cm³/mol. The lowest BCUT2D eigenvalue weighted by Crippen LogP contribution is -2.32. The Labute approximate surface area is 182 Å². The number of nitrogens with two attached hydrogens (primary N) is 1. The molecular formula is C23H27ClN6. The van der Waals surface area contributed by atoms with Gasteiger partial charge in [-0.15, -0.1) is 17.5 Å². The summed E-state index contributed by atoms with van der Waals surface area (Å²) in [5.74, 6) is 1.59. The summed E-state index contributed by atoms with van der Waals surface area (Å²) >= 11 is 0. The van der Waals surface area contributed by atoms with E-state index in [0.717, 1.165) is 58.1 Å². The SMILES string of the molecule is Cc1cc([C@@H](C)N)c2nc(N3CCCCC3)n3nc(-c4ccccc4)nc3c2c1.Cl. The van der Waals surface area contributed by atoms with Crippen LogP contribution < -0.4 is 10.6 Å². The molecule has 2 aromatic carbocycles. The molecule has 6 nitrogen and oxygen atoms in total. The largest absolute Gasteiger partial charge is 0.341 e. The van der Waals surface area contributed by atoms with Gasteiger partial charge in [-0.05, 0) is 50.3 Å². The van der Waals surface area contributed by atoms with Crippen molar-refractivity contribution in [2.45, 2.75) is 39.2 Å². The maximum absolute atomic E-state index is 6.32. The molecule has 0 amide bonds. The maximum atomic E-state index is 6.32. The highest BCUT2D eigenvalue weighted by molar-refractivity contribution is 5.95. The average molecular weight is 423 g/mol. The van der Waals surface area contributed by atoms with Gasteiger partial charge in [0, 0.05) is 30.1 Å². The Bertz CT molecular complexity index is 1180. The van der Waals surface area contributed by atoms with Crippen LogP contribution in [0.2, 0.25) is 0 Å². The van der Waals surface area contributed by atoms with Crippen LogP contribution >= 0.6 is 12.4 Å². The Balaban J connectivity index is 0.00000218. The fourth-order valence-corrected chi connectivity index (χ4v) is 4.23. The van der Waals surface area contributed by atoms with Gasteiger partial charge in [-0.3, -0.25) is 0 Å². The fraction of sp³-hybridized carbons (Fsp3) is 0.348. The average Bonchev–Trinajstić information content (AvgIpc) is 3.20. The normalized spacial score (nSPS) is 15.4. The van der Waals surface area contributed by atoms with E-state index in [1.54, 1.807) is 0 Å². The van der Waals surface area contributed by atoms with E-state index < -0.39 is 0 Å². The van der Waals surface area contributed by atoms with E-state index in [1.165, 1.54) is 19.3 Å². The van der Waals surface area contributed by atoms with E-state index in [1.807, 2.05) is 41.8 Å². The fourth-order valence-electron chi connectivity index (χ4n) is 4.23. The molecule has 0 saturated carbocycles. The van der Waals surface area contributed by atoms with Crippen LogP contribution in [0.1, 0.15) is 43.4 Å². The Morgan fingerprint density at radius 2 is 1.73 bits per heavy atom. The second-order valence-corrected chi connectivity index (χ2v) is 8.04. The molecule has 0 radical (unpaired) electrons. The minimum absolute atomic E-state index is 0. The number of nitrogens with zero attached hydrogens (tertiary/aromatic N) is 5. The monoisotopic (exact) mass is 422 g/mol. The molecule has 1 saturated heterocycles. The lowest BCUT2D eigenvalue weighted by Gasteiger charge is -2.28. The summed E-state index contributed by atoms with van der Waals surface area (Å²) < 4.78 is 1.93. The van der Waals surface area contributed by atoms with Crippen molar-refractivity contribution in [2.75, 3.05) is 18.0 Å². The third kappa shape index (κ3) is 3.50. The van der Waals surface area contributed by atoms with E-state index in [2.05, 4.69) is 24.0 Å². The number of aryl methyl sites for hydroxylation is 1. The van der Waals surface area contributed by atoms with Gasteiger partial charge in [-0.2, -0.15) is 4.52 Å². The van der Waals surface area contributed by atoms with Crippen LogP contribution in [0.25, 0.3) is 27.9 Å². The highest BCUT2D eigenvalue weighted by Crippen LogP contribution is 2.31. The molecule has 4 aromatic rings. The van der Waals surface area contributed by atoms with Gasteiger partial charge in [-0.1, -0.05) is 36.4 Å². The van der Waals surface area contributed by atoms with Crippen LogP contribution in [-0.2, 0) is 0 Å². The zero-order valence-electron chi connectivity index (χ0n) is 17.4. The summed E-state index contributed by atoms with van der Waals surface area (Å²) in [6.45, 7) is 6.09. The maximum Gasteiger partial charge on any atom is 0.229 e.